The Bertz CT molecular complexity index is 1470. The SMILES string of the molecule is O=c1c(NC(O)OCc2ccccc2)cc2c3ccccc3ccc2n1OCc1ccccc1. The second-order valence-corrected chi connectivity index (χ2v) is 7.93. The van der Waals surface area contributed by atoms with Crippen LogP contribution in [0.5, 0.6) is 0 Å². The number of aliphatic hydroxyl groups is 1. The number of ether oxygens (including phenoxy) is 1. The molecule has 0 saturated carbocycles. The van der Waals surface area contributed by atoms with Gasteiger partial charge in [0.15, 0.2) is 0 Å². The van der Waals surface area contributed by atoms with Crippen LogP contribution in [-0.4, -0.2) is 16.3 Å². The lowest BCUT2D eigenvalue weighted by Crippen LogP contribution is -2.32. The molecule has 0 radical (unpaired) electrons. The first-order valence-electron chi connectivity index (χ1n) is 11.0. The first-order chi connectivity index (χ1) is 16.7. The summed E-state index contributed by atoms with van der Waals surface area (Å²) in [5.74, 6) is 0. The van der Waals surface area contributed by atoms with Crippen molar-refractivity contribution in [2.24, 2.45) is 0 Å². The van der Waals surface area contributed by atoms with E-state index in [1.165, 1.54) is 4.73 Å². The van der Waals surface area contributed by atoms with Crippen LogP contribution in [0.15, 0.2) is 108 Å². The topological polar surface area (TPSA) is 72.7 Å². The predicted octanol–water partition coefficient (Wildman–Crippen LogP) is 4.69. The van der Waals surface area contributed by atoms with E-state index in [0.29, 0.717) is 5.52 Å². The number of aromatic nitrogens is 1. The first-order valence-corrected chi connectivity index (χ1v) is 11.0. The Hall–Kier alpha value is -4.13. The van der Waals surface area contributed by atoms with E-state index in [9.17, 15) is 9.90 Å². The van der Waals surface area contributed by atoms with E-state index in [-0.39, 0.29) is 18.9 Å². The molecule has 0 aliphatic carbocycles. The standard InChI is InChI=1S/C28H24N2O4/c31-27-25(29-28(32)33-18-20-9-3-1-4-10-20)17-24-23-14-8-7-13-22(23)15-16-26(24)30(27)34-19-21-11-5-2-6-12-21/h1-17,28-29,32H,18-19H2. The van der Waals surface area contributed by atoms with Crippen molar-refractivity contribution in [2.45, 2.75) is 19.6 Å². The fourth-order valence-electron chi connectivity index (χ4n) is 3.91. The quantitative estimate of drug-likeness (QED) is 0.264. The largest absolute Gasteiger partial charge is 0.405 e. The number of fused-ring (bicyclic) bond motifs is 3. The zero-order valence-electron chi connectivity index (χ0n) is 18.4. The molecule has 5 rings (SSSR count). The van der Waals surface area contributed by atoms with Crippen molar-refractivity contribution < 1.29 is 14.7 Å². The highest BCUT2D eigenvalue weighted by Crippen LogP contribution is 2.26. The second-order valence-electron chi connectivity index (χ2n) is 7.93. The van der Waals surface area contributed by atoms with E-state index in [1.807, 2.05) is 97.1 Å². The van der Waals surface area contributed by atoms with Crippen LogP contribution >= 0.6 is 0 Å². The summed E-state index contributed by atoms with van der Waals surface area (Å²) in [4.78, 5) is 19.3. The van der Waals surface area contributed by atoms with Crippen molar-refractivity contribution >= 4 is 27.4 Å². The number of benzene rings is 4. The number of nitrogens with one attached hydrogen (secondary N) is 1. The van der Waals surface area contributed by atoms with E-state index >= 15 is 0 Å². The smallest absolute Gasteiger partial charge is 0.307 e. The fourth-order valence-corrected chi connectivity index (χ4v) is 3.91. The molecule has 0 aliphatic rings. The minimum absolute atomic E-state index is 0.178. The third-order valence-corrected chi connectivity index (χ3v) is 5.60. The van der Waals surface area contributed by atoms with Gasteiger partial charge in [0.1, 0.15) is 12.3 Å². The van der Waals surface area contributed by atoms with Crippen LogP contribution in [0.1, 0.15) is 11.1 Å². The molecule has 0 bridgehead atoms. The lowest BCUT2D eigenvalue weighted by atomic mass is 10.0. The van der Waals surface area contributed by atoms with Gasteiger partial charge in [0.05, 0.1) is 12.1 Å². The Labute approximate surface area is 196 Å². The van der Waals surface area contributed by atoms with Crippen LogP contribution in [0.3, 0.4) is 0 Å². The molecule has 0 amide bonds. The molecule has 0 saturated heterocycles. The molecule has 170 valence electrons. The summed E-state index contributed by atoms with van der Waals surface area (Å²) in [7, 11) is 0. The van der Waals surface area contributed by atoms with Gasteiger partial charge in [-0.25, -0.2) is 0 Å². The van der Waals surface area contributed by atoms with Crippen molar-refractivity contribution in [3.8, 4) is 0 Å². The number of aliphatic hydroxyl groups excluding tert-OH is 1. The molecule has 1 heterocycles. The van der Waals surface area contributed by atoms with Gasteiger partial charge in [-0.3, -0.25) is 4.79 Å². The Morgan fingerprint density at radius 2 is 1.41 bits per heavy atom. The van der Waals surface area contributed by atoms with Gasteiger partial charge in [-0.05, 0) is 34.0 Å². The Balaban J connectivity index is 1.50. The molecule has 0 fully saturated rings. The van der Waals surface area contributed by atoms with Crippen LogP contribution in [-0.2, 0) is 18.0 Å². The molecule has 1 atom stereocenters. The minimum atomic E-state index is -1.37. The predicted molar refractivity (Wildman–Crippen MR) is 133 cm³/mol. The summed E-state index contributed by atoms with van der Waals surface area (Å²) in [5, 5.41) is 16.1. The van der Waals surface area contributed by atoms with Crippen molar-refractivity contribution in [2.75, 3.05) is 5.32 Å². The molecule has 6 nitrogen and oxygen atoms in total. The summed E-state index contributed by atoms with van der Waals surface area (Å²) in [5.41, 5.74) is 2.26. The van der Waals surface area contributed by atoms with Gasteiger partial charge in [0, 0.05) is 5.39 Å². The minimum Gasteiger partial charge on any atom is -0.405 e. The third-order valence-electron chi connectivity index (χ3n) is 5.60. The highest BCUT2D eigenvalue weighted by atomic mass is 16.7. The summed E-state index contributed by atoms with van der Waals surface area (Å²) in [6.45, 7) is 0.420. The van der Waals surface area contributed by atoms with Crippen LogP contribution in [0.4, 0.5) is 5.69 Å². The maximum atomic E-state index is 13.4. The molecule has 5 aromatic rings. The van der Waals surface area contributed by atoms with Crippen molar-refractivity contribution in [3.63, 3.8) is 0 Å². The Kier molecular flexibility index (Phi) is 6.25. The van der Waals surface area contributed by atoms with E-state index in [0.717, 1.165) is 27.3 Å². The van der Waals surface area contributed by atoms with Crippen LogP contribution in [0.2, 0.25) is 0 Å². The summed E-state index contributed by atoms with van der Waals surface area (Å²) in [6, 6.07) is 32.7. The van der Waals surface area contributed by atoms with Crippen LogP contribution in [0, 0.1) is 0 Å². The molecule has 0 spiro atoms. The van der Waals surface area contributed by atoms with Gasteiger partial charge >= 0.3 is 5.56 Å². The van der Waals surface area contributed by atoms with Gasteiger partial charge < -0.3 is 20.0 Å². The molecule has 6 heteroatoms. The normalized spacial score (nSPS) is 12.0. The molecular formula is C28H24N2O4. The monoisotopic (exact) mass is 452 g/mol. The fraction of sp³-hybridized carbons (Fsp3) is 0.107. The Morgan fingerprint density at radius 3 is 2.15 bits per heavy atom. The summed E-state index contributed by atoms with van der Waals surface area (Å²) >= 11 is 0. The summed E-state index contributed by atoms with van der Waals surface area (Å²) in [6.07, 6.45) is -1.37. The number of rotatable bonds is 8. The zero-order chi connectivity index (χ0) is 23.3. The zero-order valence-corrected chi connectivity index (χ0v) is 18.4. The highest BCUT2D eigenvalue weighted by Gasteiger charge is 2.15. The molecule has 0 aliphatic heterocycles. The third kappa shape index (κ3) is 4.64. The molecule has 4 aromatic carbocycles. The number of pyridine rings is 1. The summed E-state index contributed by atoms with van der Waals surface area (Å²) < 4.78 is 6.79. The average Bonchev–Trinajstić information content (AvgIpc) is 2.88. The van der Waals surface area contributed by atoms with Gasteiger partial charge in [-0.2, -0.15) is 0 Å². The molecule has 1 unspecified atom stereocenters. The van der Waals surface area contributed by atoms with Gasteiger partial charge in [0.2, 0.25) is 6.41 Å². The second kappa shape index (κ2) is 9.79. The van der Waals surface area contributed by atoms with Gasteiger partial charge in [0.25, 0.3) is 0 Å². The van der Waals surface area contributed by atoms with E-state index < -0.39 is 12.0 Å². The lowest BCUT2D eigenvalue weighted by Gasteiger charge is -2.18. The number of hydrogen-bond acceptors (Lipinski definition) is 5. The van der Waals surface area contributed by atoms with Gasteiger partial charge in [-0.15, -0.1) is 4.73 Å². The Morgan fingerprint density at radius 1 is 0.765 bits per heavy atom. The van der Waals surface area contributed by atoms with Crippen LogP contribution in [0.25, 0.3) is 21.7 Å². The highest BCUT2D eigenvalue weighted by molar-refractivity contribution is 6.07. The van der Waals surface area contributed by atoms with Crippen molar-refractivity contribution in [3.05, 3.63) is 125 Å². The molecule has 1 aromatic heterocycles. The number of hydrogen-bond donors (Lipinski definition) is 2. The average molecular weight is 453 g/mol. The van der Waals surface area contributed by atoms with E-state index in [1.54, 1.807) is 6.07 Å². The van der Waals surface area contributed by atoms with Crippen molar-refractivity contribution in [1.82, 2.24) is 4.73 Å². The molecule has 34 heavy (non-hydrogen) atoms. The van der Waals surface area contributed by atoms with Crippen molar-refractivity contribution in [1.29, 1.82) is 0 Å². The number of nitrogens with zero attached hydrogens (tertiary/aromatic N) is 1. The van der Waals surface area contributed by atoms with E-state index in [2.05, 4.69) is 5.32 Å². The molecular weight excluding hydrogens is 428 g/mol. The lowest BCUT2D eigenvalue weighted by molar-refractivity contribution is -0.0873. The first kappa shape index (κ1) is 21.7. The van der Waals surface area contributed by atoms with E-state index in [4.69, 9.17) is 9.57 Å². The number of anilines is 1. The maximum Gasteiger partial charge on any atom is 0.307 e. The van der Waals surface area contributed by atoms with Gasteiger partial charge in [-0.1, -0.05) is 91.0 Å². The van der Waals surface area contributed by atoms with Crippen LogP contribution < -0.4 is 15.7 Å². The molecule has 2 N–H and O–H groups in total. The maximum absolute atomic E-state index is 13.4.